The van der Waals surface area contributed by atoms with Crippen LogP contribution in [0.2, 0.25) is 0 Å². The molecular weight excluding hydrogens is 632 g/mol. The molecule has 0 bridgehead atoms. The number of benzene rings is 2. The highest BCUT2D eigenvalue weighted by Gasteiger charge is 2.38. The van der Waals surface area contributed by atoms with Crippen molar-refractivity contribution in [3.63, 3.8) is 0 Å². The van der Waals surface area contributed by atoms with E-state index >= 15 is 0 Å². The van der Waals surface area contributed by atoms with Crippen molar-refractivity contribution in [1.82, 2.24) is 0 Å². The van der Waals surface area contributed by atoms with Gasteiger partial charge in [-0.2, -0.15) is 0 Å². The first kappa shape index (κ1) is 37.6. The third-order valence-electron chi connectivity index (χ3n) is 11.0. The highest BCUT2D eigenvalue weighted by Crippen LogP contribution is 2.49. The minimum absolute atomic E-state index is 0.0340. The summed E-state index contributed by atoms with van der Waals surface area (Å²) in [6.07, 6.45) is 17.7. The van der Waals surface area contributed by atoms with E-state index in [1.54, 1.807) is 0 Å². The Balaban J connectivity index is 1.46. The summed E-state index contributed by atoms with van der Waals surface area (Å²) in [6.45, 7) is 6.60. The Morgan fingerprint density at radius 1 is 0.640 bits per heavy atom. The molecule has 0 saturated heterocycles. The maximum Gasteiger partial charge on any atom is 0.330 e. The molecule has 0 radical (unpaired) electrons. The molecule has 3 aliphatic carbocycles. The van der Waals surface area contributed by atoms with Crippen LogP contribution >= 0.6 is 0 Å². The van der Waals surface area contributed by atoms with Crippen molar-refractivity contribution >= 4 is 11.9 Å². The van der Waals surface area contributed by atoms with E-state index in [0.717, 1.165) is 75.0 Å². The van der Waals surface area contributed by atoms with Crippen molar-refractivity contribution in [2.45, 2.75) is 126 Å². The summed E-state index contributed by atoms with van der Waals surface area (Å²) in [5.41, 5.74) is 4.89. The van der Waals surface area contributed by atoms with Gasteiger partial charge in [0.25, 0.3) is 0 Å². The Morgan fingerprint density at radius 3 is 1.44 bits per heavy atom. The SMILES string of the molecule is C=CC(=O)OCC(O)COc1ccc(C2(c3ccc(OCC(O)COC(=O)C=C)c(C4CCCCC4)c3)CCCCC2)cc1C1CCCCC1. The van der Waals surface area contributed by atoms with Gasteiger partial charge in [-0.15, -0.1) is 0 Å². The molecule has 0 aromatic heterocycles. The van der Waals surface area contributed by atoms with Crippen molar-refractivity contribution in [3.8, 4) is 11.5 Å². The van der Waals surface area contributed by atoms with Crippen LogP contribution in [0, 0.1) is 0 Å². The molecule has 272 valence electrons. The van der Waals surface area contributed by atoms with E-state index < -0.39 is 24.1 Å². The van der Waals surface area contributed by atoms with E-state index in [0.29, 0.717) is 11.8 Å². The Labute approximate surface area is 297 Å². The molecular formula is C42H56O8. The number of aliphatic hydroxyl groups excluding tert-OH is 2. The van der Waals surface area contributed by atoms with Crippen molar-refractivity contribution in [2.75, 3.05) is 26.4 Å². The lowest BCUT2D eigenvalue weighted by Gasteiger charge is -2.40. The molecule has 2 aromatic rings. The number of carbonyl (C=O) groups excluding carboxylic acids is 2. The lowest BCUT2D eigenvalue weighted by molar-refractivity contribution is -0.142. The molecule has 0 heterocycles. The second-order valence-corrected chi connectivity index (χ2v) is 14.4. The zero-order chi connectivity index (χ0) is 35.3. The Morgan fingerprint density at radius 2 is 1.04 bits per heavy atom. The van der Waals surface area contributed by atoms with Crippen LogP contribution in [0.4, 0.5) is 0 Å². The normalized spacial score (nSPS) is 19.5. The van der Waals surface area contributed by atoms with E-state index in [1.807, 2.05) is 0 Å². The molecule has 8 heteroatoms. The topological polar surface area (TPSA) is 112 Å². The predicted molar refractivity (Wildman–Crippen MR) is 194 cm³/mol. The highest BCUT2D eigenvalue weighted by molar-refractivity contribution is 5.81. The Kier molecular flexibility index (Phi) is 14.0. The van der Waals surface area contributed by atoms with Crippen molar-refractivity contribution in [3.05, 3.63) is 84.0 Å². The standard InChI is InChI=1S/C42H56O8/c1-3-40(45)49-28-34(43)26-47-38-20-18-32(24-36(38)30-14-8-5-9-15-30)42(22-12-7-13-23-42)33-19-21-39(37(25-33)31-16-10-6-11-17-31)48-27-35(44)29-50-41(46)4-2/h3-4,18-21,24-25,30-31,34-35,43-44H,1-2,5-17,22-23,26-29H2. The summed E-state index contributed by atoms with van der Waals surface area (Å²) in [5.74, 6) is 1.24. The van der Waals surface area contributed by atoms with Crippen LogP contribution in [0.1, 0.15) is 130 Å². The fourth-order valence-electron chi connectivity index (χ4n) is 8.26. The van der Waals surface area contributed by atoms with E-state index in [9.17, 15) is 19.8 Å². The van der Waals surface area contributed by atoms with E-state index in [4.69, 9.17) is 18.9 Å². The number of hydrogen-bond acceptors (Lipinski definition) is 8. The van der Waals surface area contributed by atoms with Gasteiger partial charge in [-0.25, -0.2) is 9.59 Å². The molecule has 2 atom stereocenters. The first-order chi connectivity index (χ1) is 24.3. The quantitative estimate of drug-likeness (QED) is 0.135. The first-order valence-corrected chi connectivity index (χ1v) is 18.8. The monoisotopic (exact) mass is 688 g/mol. The second-order valence-electron chi connectivity index (χ2n) is 14.4. The van der Waals surface area contributed by atoms with Gasteiger partial charge in [0.15, 0.2) is 0 Å². The summed E-state index contributed by atoms with van der Waals surface area (Å²) in [5, 5.41) is 21.0. The number of esters is 2. The Bertz CT molecular complexity index is 1330. The highest BCUT2D eigenvalue weighted by atomic mass is 16.6. The molecule has 3 saturated carbocycles. The fourth-order valence-corrected chi connectivity index (χ4v) is 8.26. The lowest BCUT2D eigenvalue weighted by Crippen LogP contribution is -2.31. The lowest BCUT2D eigenvalue weighted by atomic mass is 9.64. The van der Waals surface area contributed by atoms with Crippen LogP contribution < -0.4 is 9.47 Å². The van der Waals surface area contributed by atoms with E-state index in [2.05, 4.69) is 49.6 Å². The fraction of sp³-hybridized carbons (Fsp3) is 0.571. The number of hydrogen-bond donors (Lipinski definition) is 2. The van der Waals surface area contributed by atoms with E-state index in [1.165, 1.54) is 67.2 Å². The molecule has 0 amide bonds. The van der Waals surface area contributed by atoms with Gasteiger partial charge in [0.2, 0.25) is 0 Å². The van der Waals surface area contributed by atoms with Crippen LogP contribution in [-0.4, -0.2) is 60.8 Å². The zero-order valence-corrected chi connectivity index (χ0v) is 29.6. The van der Waals surface area contributed by atoms with Crippen LogP contribution in [0.25, 0.3) is 0 Å². The molecule has 50 heavy (non-hydrogen) atoms. The minimum atomic E-state index is -0.940. The largest absolute Gasteiger partial charge is 0.490 e. The third-order valence-corrected chi connectivity index (χ3v) is 11.0. The van der Waals surface area contributed by atoms with Gasteiger partial charge in [0.1, 0.15) is 50.1 Å². The summed E-state index contributed by atoms with van der Waals surface area (Å²) in [6, 6.07) is 13.4. The van der Waals surface area contributed by atoms with Gasteiger partial charge in [-0.05, 0) is 84.7 Å². The van der Waals surface area contributed by atoms with Crippen molar-refractivity contribution in [2.24, 2.45) is 0 Å². The predicted octanol–water partition coefficient (Wildman–Crippen LogP) is 7.97. The molecule has 0 aliphatic heterocycles. The van der Waals surface area contributed by atoms with Gasteiger partial charge in [-0.3, -0.25) is 0 Å². The Hall–Kier alpha value is -3.62. The van der Waals surface area contributed by atoms with Crippen LogP contribution in [0.5, 0.6) is 11.5 Å². The zero-order valence-electron chi connectivity index (χ0n) is 29.6. The number of carbonyl (C=O) groups is 2. The summed E-state index contributed by atoms with van der Waals surface area (Å²) < 4.78 is 22.6. The third kappa shape index (κ3) is 9.79. The van der Waals surface area contributed by atoms with Crippen LogP contribution in [-0.2, 0) is 24.5 Å². The average molecular weight is 689 g/mol. The van der Waals surface area contributed by atoms with Gasteiger partial charge in [0.05, 0.1) is 0 Å². The second kappa shape index (κ2) is 18.6. The van der Waals surface area contributed by atoms with Gasteiger partial charge >= 0.3 is 11.9 Å². The number of ether oxygens (including phenoxy) is 4. The van der Waals surface area contributed by atoms with Gasteiger partial charge in [0, 0.05) is 17.6 Å². The smallest absolute Gasteiger partial charge is 0.330 e. The average Bonchev–Trinajstić information content (AvgIpc) is 3.18. The molecule has 2 aromatic carbocycles. The number of aliphatic hydroxyl groups is 2. The van der Waals surface area contributed by atoms with Crippen molar-refractivity contribution in [1.29, 1.82) is 0 Å². The van der Waals surface area contributed by atoms with E-state index in [-0.39, 0.29) is 31.8 Å². The molecule has 0 spiro atoms. The molecule has 5 rings (SSSR count). The summed E-state index contributed by atoms with van der Waals surface area (Å²) in [4.78, 5) is 23.0. The molecule has 2 unspecified atom stereocenters. The minimum Gasteiger partial charge on any atom is -0.490 e. The number of rotatable bonds is 16. The summed E-state index contributed by atoms with van der Waals surface area (Å²) >= 11 is 0. The van der Waals surface area contributed by atoms with Crippen molar-refractivity contribution < 1.29 is 38.7 Å². The van der Waals surface area contributed by atoms with Crippen LogP contribution in [0.15, 0.2) is 61.7 Å². The molecule has 3 aliphatic rings. The first-order valence-electron chi connectivity index (χ1n) is 18.8. The molecule has 8 nitrogen and oxygen atoms in total. The molecule has 3 fully saturated rings. The maximum atomic E-state index is 11.5. The van der Waals surface area contributed by atoms with Crippen LogP contribution in [0.3, 0.4) is 0 Å². The summed E-state index contributed by atoms with van der Waals surface area (Å²) in [7, 11) is 0. The maximum absolute atomic E-state index is 11.5. The molecule has 2 N–H and O–H groups in total. The van der Waals surface area contributed by atoms with Gasteiger partial charge < -0.3 is 29.2 Å². The van der Waals surface area contributed by atoms with Gasteiger partial charge in [-0.1, -0.05) is 95.2 Å².